The molecular weight excluding hydrogens is 372 g/mol. The molecule has 142 valence electrons. The minimum atomic E-state index is -0.542. The summed E-state index contributed by atoms with van der Waals surface area (Å²) in [6, 6.07) is 17.6. The lowest BCUT2D eigenvalue weighted by Crippen LogP contribution is -2.14. The molecule has 0 aliphatic carbocycles. The monoisotopic (exact) mass is 392 g/mol. The maximum absolute atomic E-state index is 12.6. The Morgan fingerprint density at radius 2 is 1.82 bits per heavy atom. The third-order valence-electron chi connectivity index (χ3n) is 4.50. The average molecular weight is 392 g/mol. The summed E-state index contributed by atoms with van der Waals surface area (Å²) in [5.74, 6) is -0.307. The van der Waals surface area contributed by atoms with Crippen LogP contribution >= 0.6 is 11.8 Å². The van der Waals surface area contributed by atoms with Gasteiger partial charge in [-0.15, -0.1) is 10.2 Å². The predicted octanol–water partition coefficient (Wildman–Crippen LogP) is 4.40. The van der Waals surface area contributed by atoms with E-state index >= 15 is 0 Å². The summed E-state index contributed by atoms with van der Waals surface area (Å²) in [6.07, 6.45) is 0. The van der Waals surface area contributed by atoms with Gasteiger partial charge in [-0.1, -0.05) is 60.3 Å². The molecule has 2 aromatic carbocycles. The maximum atomic E-state index is 12.6. The highest BCUT2D eigenvalue weighted by molar-refractivity contribution is 8.00. The van der Waals surface area contributed by atoms with Crippen molar-refractivity contribution in [1.82, 2.24) is 19.7 Å². The average Bonchev–Trinajstić information content (AvgIpc) is 3.05. The van der Waals surface area contributed by atoms with E-state index in [4.69, 9.17) is 9.72 Å². The molecule has 0 saturated carbocycles. The number of aromatic nitrogens is 4. The van der Waals surface area contributed by atoms with Crippen LogP contribution in [0.1, 0.15) is 24.7 Å². The standard InChI is InChI=1S/C21H20N4O2S/c1-3-25-16-13-9-8-12-15(16)17-19(25)22-21(24-23-17)28-18(20(26)27-4-2)14-10-6-5-7-11-14/h5-13,18H,3-4H2,1-2H3/t18-/m0/s1. The van der Waals surface area contributed by atoms with Crippen LogP contribution in [0.2, 0.25) is 0 Å². The van der Waals surface area contributed by atoms with E-state index in [9.17, 15) is 4.79 Å². The van der Waals surface area contributed by atoms with Crippen molar-refractivity contribution in [3.63, 3.8) is 0 Å². The van der Waals surface area contributed by atoms with Crippen molar-refractivity contribution in [2.24, 2.45) is 0 Å². The van der Waals surface area contributed by atoms with Crippen LogP contribution in [-0.2, 0) is 16.1 Å². The Bertz CT molecular complexity index is 1130. The van der Waals surface area contributed by atoms with E-state index in [1.54, 1.807) is 6.92 Å². The zero-order valence-corrected chi connectivity index (χ0v) is 16.5. The molecule has 2 aromatic heterocycles. The van der Waals surface area contributed by atoms with E-state index < -0.39 is 5.25 Å². The number of carbonyl (C=O) groups excluding carboxylic acids is 1. The molecular formula is C21H20N4O2S. The Balaban J connectivity index is 1.77. The third-order valence-corrected chi connectivity index (χ3v) is 5.58. The van der Waals surface area contributed by atoms with Crippen LogP contribution < -0.4 is 0 Å². The van der Waals surface area contributed by atoms with Gasteiger partial charge < -0.3 is 9.30 Å². The first kappa shape index (κ1) is 18.4. The molecule has 0 radical (unpaired) electrons. The molecule has 28 heavy (non-hydrogen) atoms. The molecule has 0 aliphatic rings. The zero-order chi connectivity index (χ0) is 19.5. The molecule has 2 heterocycles. The molecule has 0 saturated heterocycles. The van der Waals surface area contributed by atoms with Gasteiger partial charge in [0.05, 0.1) is 12.1 Å². The number of aryl methyl sites for hydroxylation is 1. The summed E-state index contributed by atoms with van der Waals surface area (Å²) >= 11 is 1.26. The lowest BCUT2D eigenvalue weighted by molar-refractivity contribution is -0.142. The van der Waals surface area contributed by atoms with Crippen molar-refractivity contribution in [1.29, 1.82) is 0 Å². The molecule has 0 spiro atoms. The van der Waals surface area contributed by atoms with Crippen LogP contribution in [0.15, 0.2) is 59.8 Å². The third kappa shape index (κ3) is 3.33. The summed E-state index contributed by atoms with van der Waals surface area (Å²) in [6.45, 7) is 4.97. The van der Waals surface area contributed by atoms with Crippen LogP contribution in [-0.4, -0.2) is 32.3 Å². The molecule has 7 heteroatoms. The lowest BCUT2D eigenvalue weighted by Gasteiger charge is -2.14. The second-order valence-electron chi connectivity index (χ2n) is 6.19. The van der Waals surface area contributed by atoms with E-state index in [2.05, 4.69) is 27.8 Å². The molecule has 0 unspecified atom stereocenters. The minimum absolute atomic E-state index is 0.307. The SMILES string of the molecule is CCOC(=O)[C@@H](Sc1nnc2c3ccccc3n(CC)c2n1)c1ccccc1. The van der Waals surface area contributed by atoms with Crippen molar-refractivity contribution >= 4 is 39.8 Å². The number of benzene rings is 2. The topological polar surface area (TPSA) is 69.9 Å². The number of rotatable bonds is 6. The Kier molecular flexibility index (Phi) is 5.25. The fourth-order valence-electron chi connectivity index (χ4n) is 3.26. The predicted molar refractivity (Wildman–Crippen MR) is 110 cm³/mol. The van der Waals surface area contributed by atoms with E-state index in [0.717, 1.165) is 34.2 Å². The van der Waals surface area contributed by atoms with Crippen LogP contribution in [0.3, 0.4) is 0 Å². The van der Waals surface area contributed by atoms with Gasteiger partial charge in [-0.2, -0.15) is 0 Å². The van der Waals surface area contributed by atoms with Gasteiger partial charge in [-0.25, -0.2) is 4.98 Å². The van der Waals surface area contributed by atoms with E-state index in [-0.39, 0.29) is 5.97 Å². The number of carbonyl (C=O) groups is 1. The molecule has 0 fully saturated rings. The molecule has 4 rings (SSSR count). The minimum Gasteiger partial charge on any atom is -0.465 e. The van der Waals surface area contributed by atoms with Gasteiger partial charge in [0, 0.05) is 11.9 Å². The van der Waals surface area contributed by atoms with Crippen molar-refractivity contribution in [3.8, 4) is 0 Å². The lowest BCUT2D eigenvalue weighted by atomic mass is 10.1. The number of hydrogen-bond donors (Lipinski definition) is 0. The molecule has 4 aromatic rings. The van der Waals surface area contributed by atoms with Gasteiger partial charge in [0.25, 0.3) is 0 Å². The van der Waals surface area contributed by atoms with Crippen LogP contribution in [0.5, 0.6) is 0 Å². The normalized spacial score (nSPS) is 12.4. The number of nitrogens with zero attached hydrogens (tertiary/aromatic N) is 4. The first-order valence-corrected chi connectivity index (χ1v) is 10.1. The first-order valence-electron chi connectivity index (χ1n) is 9.22. The Morgan fingerprint density at radius 3 is 2.57 bits per heavy atom. The van der Waals surface area contributed by atoms with E-state index in [1.807, 2.05) is 48.5 Å². The maximum Gasteiger partial charge on any atom is 0.324 e. The molecule has 6 nitrogen and oxygen atoms in total. The van der Waals surface area contributed by atoms with Gasteiger partial charge in [0.15, 0.2) is 5.65 Å². The summed E-state index contributed by atoms with van der Waals surface area (Å²) in [4.78, 5) is 17.3. The van der Waals surface area contributed by atoms with Crippen LogP contribution in [0.4, 0.5) is 0 Å². The number of ether oxygens (including phenoxy) is 1. The fourth-order valence-corrected chi connectivity index (χ4v) is 4.16. The summed E-state index contributed by atoms with van der Waals surface area (Å²) in [5.41, 5.74) is 3.48. The Hall–Kier alpha value is -2.93. The summed E-state index contributed by atoms with van der Waals surface area (Å²) in [5, 5.41) is 9.65. The quantitative estimate of drug-likeness (QED) is 0.358. The van der Waals surface area contributed by atoms with Crippen molar-refractivity contribution in [2.75, 3.05) is 6.61 Å². The van der Waals surface area contributed by atoms with Gasteiger partial charge in [-0.3, -0.25) is 4.79 Å². The summed E-state index contributed by atoms with van der Waals surface area (Å²) in [7, 11) is 0. The number of thioether (sulfide) groups is 1. The van der Waals surface area contributed by atoms with Crippen molar-refractivity contribution < 1.29 is 9.53 Å². The Labute approximate surface area is 166 Å². The van der Waals surface area contributed by atoms with Crippen molar-refractivity contribution in [2.45, 2.75) is 30.8 Å². The number of para-hydroxylation sites is 1. The van der Waals surface area contributed by atoms with Gasteiger partial charge >= 0.3 is 5.97 Å². The van der Waals surface area contributed by atoms with Gasteiger partial charge in [0.2, 0.25) is 5.16 Å². The number of fused-ring (bicyclic) bond motifs is 3. The fraction of sp³-hybridized carbons (Fsp3) is 0.238. The molecule has 0 amide bonds. The van der Waals surface area contributed by atoms with Crippen LogP contribution in [0.25, 0.3) is 22.1 Å². The van der Waals surface area contributed by atoms with Gasteiger partial charge in [-0.05, 0) is 25.5 Å². The van der Waals surface area contributed by atoms with Crippen LogP contribution in [0, 0.1) is 0 Å². The van der Waals surface area contributed by atoms with Crippen molar-refractivity contribution in [3.05, 3.63) is 60.2 Å². The molecule has 1 atom stereocenters. The zero-order valence-electron chi connectivity index (χ0n) is 15.7. The first-order chi connectivity index (χ1) is 13.7. The van der Waals surface area contributed by atoms with Gasteiger partial charge in [0.1, 0.15) is 10.8 Å². The van der Waals surface area contributed by atoms with E-state index in [1.165, 1.54) is 11.8 Å². The highest BCUT2D eigenvalue weighted by Crippen LogP contribution is 2.35. The number of esters is 1. The second kappa shape index (κ2) is 7.98. The molecule has 0 bridgehead atoms. The number of hydrogen-bond acceptors (Lipinski definition) is 6. The Morgan fingerprint density at radius 1 is 1.07 bits per heavy atom. The largest absolute Gasteiger partial charge is 0.465 e. The second-order valence-corrected chi connectivity index (χ2v) is 7.26. The van der Waals surface area contributed by atoms with E-state index in [0.29, 0.717) is 11.8 Å². The molecule has 0 N–H and O–H groups in total. The highest BCUT2D eigenvalue weighted by atomic mass is 32.2. The highest BCUT2D eigenvalue weighted by Gasteiger charge is 2.25. The molecule has 0 aliphatic heterocycles. The summed E-state index contributed by atoms with van der Waals surface area (Å²) < 4.78 is 7.39. The smallest absolute Gasteiger partial charge is 0.324 e.